The van der Waals surface area contributed by atoms with Crippen LogP contribution < -0.4 is 5.32 Å². The highest BCUT2D eigenvalue weighted by Gasteiger charge is 2.21. The molecule has 1 atom stereocenters. The molecule has 0 amide bonds. The minimum Gasteiger partial charge on any atom is -0.396 e. The summed E-state index contributed by atoms with van der Waals surface area (Å²) in [5.74, 6) is 0.632. The zero-order valence-electron chi connectivity index (χ0n) is 9.62. The first kappa shape index (κ1) is 11.9. The van der Waals surface area contributed by atoms with Gasteiger partial charge in [-0.05, 0) is 32.8 Å². The molecule has 0 spiro atoms. The largest absolute Gasteiger partial charge is 0.396 e. The highest BCUT2D eigenvalue weighted by atomic mass is 16.3. The molecule has 0 fully saturated rings. The van der Waals surface area contributed by atoms with Gasteiger partial charge in [-0.3, -0.25) is 0 Å². The average Bonchev–Trinajstić information content (AvgIpc) is 2.18. The van der Waals surface area contributed by atoms with Crippen LogP contribution in [0.5, 0.6) is 0 Å². The predicted molar refractivity (Wildman–Crippen MR) is 60.8 cm³/mol. The van der Waals surface area contributed by atoms with Crippen molar-refractivity contribution >= 4 is 5.95 Å². The van der Waals surface area contributed by atoms with E-state index in [-0.39, 0.29) is 12.1 Å². The third-order valence-electron chi connectivity index (χ3n) is 2.65. The SMILES string of the molecule is CCC(C)(CCO)Nc1nccc(C)n1. The second kappa shape index (κ2) is 5.07. The monoisotopic (exact) mass is 209 g/mol. The molecule has 0 radical (unpaired) electrons. The maximum absolute atomic E-state index is 8.98. The van der Waals surface area contributed by atoms with Gasteiger partial charge in [-0.1, -0.05) is 6.92 Å². The first-order valence-corrected chi connectivity index (χ1v) is 5.28. The van der Waals surface area contributed by atoms with Crippen LogP contribution in [0.15, 0.2) is 12.3 Å². The molecule has 0 saturated carbocycles. The number of nitrogens with zero attached hydrogens (tertiary/aromatic N) is 2. The maximum Gasteiger partial charge on any atom is 0.223 e. The van der Waals surface area contributed by atoms with Crippen LogP contribution >= 0.6 is 0 Å². The van der Waals surface area contributed by atoms with E-state index in [2.05, 4.69) is 29.1 Å². The van der Waals surface area contributed by atoms with Gasteiger partial charge in [0.1, 0.15) is 0 Å². The van der Waals surface area contributed by atoms with Crippen LogP contribution in [0.4, 0.5) is 5.95 Å². The number of aliphatic hydroxyl groups excluding tert-OH is 1. The fourth-order valence-corrected chi connectivity index (χ4v) is 1.35. The fourth-order valence-electron chi connectivity index (χ4n) is 1.35. The molecule has 1 unspecified atom stereocenters. The topological polar surface area (TPSA) is 58.0 Å². The summed E-state index contributed by atoms with van der Waals surface area (Å²) in [6, 6.07) is 1.86. The van der Waals surface area contributed by atoms with E-state index in [1.807, 2.05) is 13.0 Å². The Labute approximate surface area is 90.8 Å². The van der Waals surface area contributed by atoms with Crippen molar-refractivity contribution in [3.05, 3.63) is 18.0 Å². The van der Waals surface area contributed by atoms with Crippen LogP contribution in [-0.4, -0.2) is 27.2 Å². The minimum atomic E-state index is -0.136. The predicted octanol–water partition coefficient (Wildman–Crippen LogP) is 1.75. The quantitative estimate of drug-likeness (QED) is 0.775. The van der Waals surface area contributed by atoms with Crippen LogP contribution in [-0.2, 0) is 0 Å². The van der Waals surface area contributed by atoms with E-state index >= 15 is 0 Å². The van der Waals surface area contributed by atoms with E-state index in [4.69, 9.17) is 5.11 Å². The summed E-state index contributed by atoms with van der Waals surface area (Å²) in [6.07, 6.45) is 3.35. The van der Waals surface area contributed by atoms with Gasteiger partial charge in [0.15, 0.2) is 0 Å². The average molecular weight is 209 g/mol. The van der Waals surface area contributed by atoms with Gasteiger partial charge in [-0.25, -0.2) is 9.97 Å². The summed E-state index contributed by atoms with van der Waals surface area (Å²) in [4.78, 5) is 8.44. The second-order valence-corrected chi connectivity index (χ2v) is 4.03. The van der Waals surface area contributed by atoms with Crippen molar-refractivity contribution in [1.29, 1.82) is 0 Å². The Hall–Kier alpha value is -1.16. The lowest BCUT2D eigenvalue weighted by atomic mass is 9.95. The molecular weight excluding hydrogens is 190 g/mol. The molecule has 2 N–H and O–H groups in total. The van der Waals surface area contributed by atoms with Crippen LogP contribution in [0.25, 0.3) is 0 Å². The van der Waals surface area contributed by atoms with Gasteiger partial charge in [0.2, 0.25) is 5.95 Å². The molecule has 84 valence electrons. The standard InChI is InChI=1S/C11H19N3O/c1-4-11(3,6-8-15)14-10-12-7-5-9(2)13-10/h5,7,15H,4,6,8H2,1-3H3,(H,12,13,14). The van der Waals surface area contributed by atoms with Gasteiger partial charge >= 0.3 is 0 Å². The Bertz CT molecular complexity index is 316. The van der Waals surface area contributed by atoms with E-state index in [0.29, 0.717) is 12.4 Å². The maximum atomic E-state index is 8.98. The molecule has 1 aromatic heterocycles. The smallest absolute Gasteiger partial charge is 0.223 e. The lowest BCUT2D eigenvalue weighted by molar-refractivity contribution is 0.251. The first-order chi connectivity index (χ1) is 7.09. The van der Waals surface area contributed by atoms with Crippen LogP contribution in [0.3, 0.4) is 0 Å². The lowest BCUT2D eigenvalue weighted by Crippen LogP contribution is -2.35. The summed E-state index contributed by atoms with van der Waals surface area (Å²) in [6.45, 7) is 6.25. The molecular formula is C11H19N3O. The normalized spacial score (nSPS) is 14.7. The van der Waals surface area contributed by atoms with Gasteiger partial charge in [0.05, 0.1) is 0 Å². The second-order valence-electron chi connectivity index (χ2n) is 4.03. The molecule has 1 rings (SSSR count). The van der Waals surface area contributed by atoms with E-state index in [0.717, 1.165) is 12.1 Å². The molecule has 1 heterocycles. The first-order valence-electron chi connectivity index (χ1n) is 5.28. The van der Waals surface area contributed by atoms with Gasteiger partial charge in [0, 0.05) is 24.0 Å². The van der Waals surface area contributed by atoms with Crippen molar-refractivity contribution in [2.24, 2.45) is 0 Å². The molecule has 0 aliphatic heterocycles. The third kappa shape index (κ3) is 3.47. The Morgan fingerprint density at radius 2 is 2.27 bits per heavy atom. The molecule has 0 aliphatic rings. The van der Waals surface area contributed by atoms with Crippen LogP contribution in [0.1, 0.15) is 32.4 Å². The van der Waals surface area contributed by atoms with E-state index in [1.165, 1.54) is 0 Å². The van der Waals surface area contributed by atoms with Crippen molar-refractivity contribution in [2.45, 2.75) is 39.2 Å². The summed E-state index contributed by atoms with van der Waals surface area (Å²) >= 11 is 0. The minimum absolute atomic E-state index is 0.136. The summed E-state index contributed by atoms with van der Waals surface area (Å²) in [5, 5.41) is 12.2. The van der Waals surface area contributed by atoms with E-state index in [1.54, 1.807) is 6.20 Å². The molecule has 15 heavy (non-hydrogen) atoms. The Morgan fingerprint density at radius 1 is 1.53 bits per heavy atom. The van der Waals surface area contributed by atoms with Crippen molar-refractivity contribution in [1.82, 2.24) is 9.97 Å². The van der Waals surface area contributed by atoms with Gasteiger partial charge in [-0.2, -0.15) is 0 Å². The zero-order chi connectivity index (χ0) is 11.3. The molecule has 0 aromatic carbocycles. The molecule has 4 heteroatoms. The van der Waals surface area contributed by atoms with Gasteiger partial charge < -0.3 is 10.4 Å². The molecule has 1 aromatic rings. The van der Waals surface area contributed by atoms with Crippen LogP contribution in [0, 0.1) is 6.92 Å². The number of hydrogen-bond donors (Lipinski definition) is 2. The van der Waals surface area contributed by atoms with E-state index < -0.39 is 0 Å². The summed E-state index contributed by atoms with van der Waals surface area (Å²) < 4.78 is 0. The van der Waals surface area contributed by atoms with Crippen molar-refractivity contribution in [3.63, 3.8) is 0 Å². The highest BCUT2D eigenvalue weighted by molar-refractivity contribution is 5.29. The third-order valence-corrected chi connectivity index (χ3v) is 2.65. The number of hydrogen-bond acceptors (Lipinski definition) is 4. The van der Waals surface area contributed by atoms with Crippen molar-refractivity contribution in [2.75, 3.05) is 11.9 Å². The number of nitrogens with one attached hydrogen (secondary N) is 1. The number of rotatable bonds is 5. The van der Waals surface area contributed by atoms with Gasteiger partial charge in [0.25, 0.3) is 0 Å². The molecule has 4 nitrogen and oxygen atoms in total. The summed E-state index contributed by atoms with van der Waals surface area (Å²) in [5.41, 5.74) is 0.803. The Balaban J connectivity index is 2.74. The lowest BCUT2D eigenvalue weighted by Gasteiger charge is -2.28. The number of aromatic nitrogens is 2. The zero-order valence-corrected chi connectivity index (χ0v) is 9.62. The Kier molecular flexibility index (Phi) is 4.03. The van der Waals surface area contributed by atoms with Crippen molar-refractivity contribution < 1.29 is 5.11 Å². The van der Waals surface area contributed by atoms with E-state index in [9.17, 15) is 0 Å². The van der Waals surface area contributed by atoms with Crippen LogP contribution in [0.2, 0.25) is 0 Å². The molecule has 0 aliphatic carbocycles. The number of aryl methyl sites for hydroxylation is 1. The highest BCUT2D eigenvalue weighted by Crippen LogP contribution is 2.18. The molecule has 0 saturated heterocycles. The number of anilines is 1. The van der Waals surface area contributed by atoms with Gasteiger partial charge in [-0.15, -0.1) is 0 Å². The summed E-state index contributed by atoms with van der Waals surface area (Å²) in [7, 11) is 0. The fraction of sp³-hybridized carbons (Fsp3) is 0.636. The number of aliphatic hydroxyl groups is 1. The molecule has 0 bridgehead atoms. The van der Waals surface area contributed by atoms with Crippen molar-refractivity contribution in [3.8, 4) is 0 Å². The Morgan fingerprint density at radius 3 is 2.80 bits per heavy atom.